The van der Waals surface area contributed by atoms with E-state index in [1.165, 1.54) is 0 Å². The van der Waals surface area contributed by atoms with Gasteiger partial charge in [0.1, 0.15) is 0 Å². The van der Waals surface area contributed by atoms with Crippen molar-refractivity contribution in [3.63, 3.8) is 0 Å². The Morgan fingerprint density at radius 3 is 2.12 bits per heavy atom. The van der Waals surface area contributed by atoms with Crippen molar-refractivity contribution in [2.45, 2.75) is 44.6 Å². The molecular weight excluding hydrogens is 224 g/mol. The lowest BCUT2D eigenvalue weighted by atomic mass is 10.1. The average molecular weight is 242 g/mol. The van der Waals surface area contributed by atoms with Gasteiger partial charge in [-0.3, -0.25) is 4.18 Å². The topological polar surface area (TPSA) is 43.4 Å². The van der Waals surface area contributed by atoms with Crippen LogP contribution in [0.25, 0.3) is 0 Å². The zero-order valence-electron chi connectivity index (χ0n) is 10.1. The van der Waals surface area contributed by atoms with E-state index in [-0.39, 0.29) is 4.90 Å². The Kier molecular flexibility index (Phi) is 3.76. The molecule has 0 heterocycles. The van der Waals surface area contributed by atoms with E-state index in [0.29, 0.717) is 6.42 Å². The predicted molar refractivity (Wildman–Crippen MR) is 63.8 cm³/mol. The molecule has 1 aromatic rings. The van der Waals surface area contributed by atoms with E-state index < -0.39 is 15.7 Å². The lowest BCUT2D eigenvalue weighted by molar-refractivity contribution is 0.114. The summed E-state index contributed by atoms with van der Waals surface area (Å²) in [7, 11) is -3.65. The maximum absolute atomic E-state index is 11.9. The lowest BCUT2D eigenvalue weighted by Crippen LogP contribution is -2.27. The van der Waals surface area contributed by atoms with Crippen molar-refractivity contribution < 1.29 is 12.6 Å². The molecule has 0 bridgehead atoms. The van der Waals surface area contributed by atoms with Gasteiger partial charge >= 0.3 is 0 Å². The molecule has 0 radical (unpaired) electrons. The molecule has 3 nitrogen and oxygen atoms in total. The van der Waals surface area contributed by atoms with Crippen molar-refractivity contribution in [2.75, 3.05) is 0 Å². The van der Waals surface area contributed by atoms with Crippen LogP contribution in [-0.4, -0.2) is 14.0 Å². The lowest BCUT2D eigenvalue weighted by Gasteiger charge is -2.22. The van der Waals surface area contributed by atoms with E-state index in [4.69, 9.17) is 4.18 Å². The van der Waals surface area contributed by atoms with Crippen LogP contribution in [0.5, 0.6) is 0 Å². The Labute approximate surface area is 97.6 Å². The predicted octanol–water partition coefficient (Wildman–Crippen LogP) is 2.89. The Bertz CT molecular complexity index is 444. The van der Waals surface area contributed by atoms with E-state index in [9.17, 15) is 8.42 Å². The molecule has 0 saturated carbocycles. The highest BCUT2D eigenvalue weighted by atomic mass is 32.2. The minimum atomic E-state index is -3.65. The molecule has 0 fully saturated rings. The first-order valence-electron chi connectivity index (χ1n) is 5.29. The van der Waals surface area contributed by atoms with Crippen LogP contribution in [0.1, 0.15) is 32.8 Å². The summed E-state index contributed by atoms with van der Waals surface area (Å²) in [5, 5.41) is 0. The van der Waals surface area contributed by atoms with Crippen LogP contribution in [0.4, 0.5) is 0 Å². The Morgan fingerprint density at radius 1 is 1.19 bits per heavy atom. The summed E-state index contributed by atoms with van der Waals surface area (Å²) in [5.74, 6) is 0. The molecule has 0 aliphatic carbocycles. The second-order valence-electron chi connectivity index (χ2n) is 4.46. The van der Waals surface area contributed by atoms with Gasteiger partial charge in [-0.25, -0.2) is 0 Å². The highest BCUT2D eigenvalue weighted by Crippen LogP contribution is 2.22. The molecule has 0 unspecified atom stereocenters. The van der Waals surface area contributed by atoms with E-state index >= 15 is 0 Å². The van der Waals surface area contributed by atoms with Gasteiger partial charge in [0.05, 0.1) is 10.5 Å². The smallest absolute Gasteiger partial charge is 0.260 e. The van der Waals surface area contributed by atoms with Crippen LogP contribution < -0.4 is 0 Å². The summed E-state index contributed by atoms with van der Waals surface area (Å²) in [6, 6.07) is 6.65. The molecule has 0 spiro atoms. The quantitative estimate of drug-likeness (QED) is 0.762. The Balaban J connectivity index is 2.99. The Hall–Kier alpha value is -0.870. The molecule has 0 atom stereocenters. The second kappa shape index (κ2) is 4.55. The largest absolute Gasteiger partial charge is 0.297 e. The van der Waals surface area contributed by atoms with Crippen LogP contribution in [0, 0.1) is 6.92 Å². The highest BCUT2D eigenvalue weighted by molar-refractivity contribution is 7.86. The number of rotatable bonds is 4. The highest BCUT2D eigenvalue weighted by Gasteiger charge is 2.26. The number of aryl methyl sites for hydroxylation is 1. The van der Waals surface area contributed by atoms with Crippen LogP contribution >= 0.6 is 0 Å². The van der Waals surface area contributed by atoms with Gasteiger partial charge in [-0.2, -0.15) is 8.42 Å². The molecule has 1 aromatic carbocycles. The van der Waals surface area contributed by atoms with Crippen molar-refractivity contribution in [2.24, 2.45) is 0 Å². The van der Waals surface area contributed by atoms with Gasteiger partial charge in [0.2, 0.25) is 0 Å². The van der Waals surface area contributed by atoms with Crippen molar-refractivity contribution in [1.29, 1.82) is 0 Å². The standard InChI is InChI=1S/C12H18O3S/c1-5-12(3,4)15-16(13,14)11-8-6-10(2)7-9-11/h6-9H,5H2,1-4H3. The third-order valence-electron chi connectivity index (χ3n) is 2.50. The fourth-order valence-electron chi connectivity index (χ4n) is 1.11. The molecule has 0 N–H and O–H groups in total. The zero-order chi connectivity index (χ0) is 12.4. The SMILES string of the molecule is CCC(C)(C)OS(=O)(=O)c1ccc(C)cc1. The van der Waals surface area contributed by atoms with E-state index in [1.807, 2.05) is 13.8 Å². The van der Waals surface area contributed by atoms with Crippen molar-refractivity contribution in [3.8, 4) is 0 Å². The van der Waals surface area contributed by atoms with Gasteiger partial charge in [-0.05, 0) is 39.3 Å². The van der Waals surface area contributed by atoms with Crippen molar-refractivity contribution in [1.82, 2.24) is 0 Å². The molecule has 1 rings (SSSR count). The van der Waals surface area contributed by atoms with Gasteiger partial charge < -0.3 is 0 Å². The maximum atomic E-state index is 11.9. The molecule has 0 aliphatic rings. The number of benzene rings is 1. The molecular formula is C12H18O3S. The molecule has 0 saturated heterocycles. The Morgan fingerprint density at radius 2 is 1.69 bits per heavy atom. The average Bonchev–Trinajstić information content (AvgIpc) is 2.17. The van der Waals surface area contributed by atoms with Crippen molar-refractivity contribution >= 4 is 10.1 Å². The van der Waals surface area contributed by atoms with Crippen LogP contribution in [0.2, 0.25) is 0 Å². The summed E-state index contributed by atoms with van der Waals surface area (Å²) in [4.78, 5) is 0.208. The first-order chi connectivity index (χ1) is 7.27. The summed E-state index contributed by atoms with van der Waals surface area (Å²) in [6.45, 7) is 7.33. The monoisotopic (exact) mass is 242 g/mol. The van der Waals surface area contributed by atoms with Crippen LogP contribution in [-0.2, 0) is 14.3 Å². The number of hydrogen-bond donors (Lipinski definition) is 0. The molecule has 90 valence electrons. The molecule has 16 heavy (non-hydrogen) atoms. The molecule has 0 aliphatic heterocycles. The minimum absolute atomic E-state index is 0.208. The van der Waals surface area contributed by atoms with Gasteiger partial charge in [0.25, 0.3) is 10.1 Å². The van der Waals surface area contributed by atoms with E-state index in [1.54, 1.807) is 38.1 Å². The fourth-order valence-corrected chi connectivity index (χ4v) is 2.39. The zero-order valence-corrected chi connectivity index (χ0v) is 11.0. The van der Waals surface area contributed by atoms with Gasteiger partial charge in [-0.15, -0.1) is 0 Å². The van der Waals surface area contributed by atoms with Crippen LogP contribution in [0.3, 0.4) is 0 Å². The van der Waals surface area contributed by atoms with E-state index in [2.05, 4.69) is 0 Å². The summed E-state index contributed by atoms with van der Waals surface area (Å²) < 4.78 is 29.0. The van der Waals surface area contributed by atoms with Crippen molar-refractivity contribution in [3.05, 3.63) is 29.8 Å². The normalized spacial score (nSPS) is 12.8. The summed E-state index contributed by atoms with van der Waals surface area (Å²) in [5.41, 5.74) is 0.359. The third-order valence-corrected chi connectivity index (χ3v) is 4.02. The first-order valence-corrected chi connectivity index (χ1v) is 6.70. The minimum Gasteiger partial charge on any atom is -0.260 e. The van der Waals surface area contributed by atoms with Crippen LogP contribution in [0.15, 0.2) is 29.2 Å². The van der Waals surface area contributed by atoms with Gasteiger partial charge in [0.15, 0.2) is 0 Å². The molecule has 0 amide bonds. The van der Waals surface area contributed by atoms with Gasteiger partial charge in [0, 0.05) is 0 Å². The molecule has 0 aromatic heterocycles. The third kappa shape index (κ3) is 3.32. The fraction of sp³-hybridized carbons (Fsp3) is 0.500. The second-order valence-corrected chi connectivity index (χ2v) is 6.01. The van der Waals surface area contributed by atoms with E-state index in [0.717, 1.165) is 5.56 Å². The number of hydrogen-bond acceptors (Lipinski definition) is 3. The summed E-state index contributed by atoms with van der Waals surface area (Å²) in [6.07, 6.45) is 0.637. The first kappa shape index (κ1) is 13.2. The van der Waals surface area contributed by atoms with Gasteiger partial charge in [-0.1, -0.05) is 24.6 Å². The summed E-state index contributed by atoms with van der Waals surface area (Å²) >= 11 is 0. The maximum Gasteiger partial charge on any atom is 0.297 e. The molecule has 4 heteroatoms.